The molecule has 0 aromatic carbocycles. The lowest BCUT2D eigenvalue weighted by Crippen LogP contribution is -2.02. The number of ether oxygens (including phenoxy) is 1. The van der Waals surface area contributed by atoms with Crippen molar-refractivity contribution in [1.82, 2.24) is 0 Å². The number of carbonyl (C=O) groups excluding carboxylic acids is 1. The van der Waals surface area contributed by atoms with Crippen LogP contribution in [0.15, 0.2) is 11.6 Å². The molecule has 0 bridgehead atoms. The Morgan fingerprint density at radius 1 is 1.40 bits per heavy atom. The van der Waals surface area contributed by atoms with E-state index in [1.165, 1.54) is 7.11 Å². The normalized spacial score (nSPS) is 29.1. The third-order valence-electron chi connectivity index (χ3n) is 3.65. The van der Waals surface area contributed by atoms with Gasteiger partial charge in [-0.3, -0.25) is 0 Å². The maximum Gasteiger partial charge on any atom is 0.333 e. The highest BCUT2D eigenvalue weighted by Gasteiger charge is 2.57. The van der Waals surface area contributed by atoms with E-state index in [9.17, 15) is 4.79 Å². The molecule has 0 radical (unpaired) electrons. The summed E-state index contributed by atoms with van der Waals surface area (Å²) in [5.41, 5.74) is 1.07. The molecule has 0 spiro atoms. The number of esters is 1. The van der Waals surface area contributed by atoms with Gasteiger partial charge in [0.05, 0.1) is 7.11 Å². The fourth-order valence-electron chi connectivity index (χ4n) is 2.81. The number of hydrogen-bond donors (Lipinski definition) is 0. The van der Waals surface area contributed by atoms with Crippen molar-refractivity contribution in [2.45, 2.75) is 34.6 Å². The van der Waals surface area contributed by atoms with Crippen LogP contribution in [-0.2, 0) is 9.53 Å². The number of methoxy groups -OCH3 is 1. The molecule has 1 rings (SSSR count). The Labute approximate surface area is 92.7 Å². The molecule has 0 N–H and O–H groups in total. The van der Waals surface area contributed by atoms with Crippen LogP contribution in [0.2, 0.25) is 0 Å². The molecule has 2 heteroatoms. The monoisotopic (exact) mass is 210 g/mol. The minimum atomic E-state index is -0.208. The van der Waals surface area contributed by atoms with Crippen molar-refractivity contribution in [2.24, 2.45) is 23.2 Å². The number of allylic oxidation sites excluding steroid dienone is 1. The predicted molar refractivity (Wildman–Crippen MR) is 61.4 cm³/mol. The van der Waals surface area contributed by atoms with E-state index < -0.39 is 0 Å². The molecule has 1 aliphatic rings. The minimum Gasteiger partial charge on any atom is -0.466 e. The topological polar surface area (TPSA) is 26.3 Å². The van der Waals surface area contributed by atoms with Crippen molar-refractivity contribution in [3.05, 3.63) is 11.6 Å². The third-order valence-corrected chi connectivity index (χ3v) is 3.65. The van der Waals surface area contributed by atoms with E-state index in [-0.39, 0.29) is 5.97 Å². The molecular weight excluding hydrogens is 188 g/mol. The first kappa shape index (κ1) is 12.3. The standard InChI is InChI=1S/C13H22O2/c1-8(2)11-10(13(11,4)5)7-9(3)12(14)15-6/h7-8,10-11H,1-6H3/b9-7+/t10-,11?/m1/s1. The van der Waals surface area contributed by atoms with E-state index >= 15 is 0 Å². The lowest BCUT2D eigenvalue weighted by molar-refractivity contribution is -0.136. The highest BCUT2D eigenvalue weighted by Crippen LogP contribution is 2.62. The molecule has 0 aromatic heterocycles. The Hall–Kier alpha value is -0.790. The molecule has 0 amide bonds. The van der Waals surface area contributed by atoms with Crippen molar-refractivity contribution in [2.75, 3.05) is 7.11 Å². The van der Waals surface area contributed by atoms with Crippen LogP contribution in [0.3, 0.4) is 0 Å². The highest BCUT2D eigenvalue weighted by molar-refractivity contribution is 5.87. The van der Waals surface area contributed by atoms with E-state index in [2.05, 4.69) is 33.8 Å². The van der Waals surface area contributed by atoms with Gasteiger partial charge in [-0.2, -0.15) is 0 Å². The summed E-state index contributed by atoms with van der Waals surface area (Å²) >= 11 is 0. The number of rotatable bonds is 3. The minimum absolute atomic E-state index is 0.208. The maximum absolute atomic E-state index is 11.3. The molecule has 0 aliphatic heterocycles. The molecular formula is C13H22O2. The predicted octanol–water partition coefficient (Wildman–Crippen LogP) is 3.03. The van der Waals surface area contributed by atoms with Crippen molar-refractivity contribution in [1.29, 1.82) is 0 Å². The van der Waals surface area contributed by atoms with Gasteiger partial charge in [0.1, 0.15) is 0 Å². The zero-order chi connectivity index (χ0) is 11.8. The second-order valence-corrected chi connectivity index (χ2v) is 5.46. The van der Waals surface area contributed by atoms with Crippen LogP contribution >= 0.6 is 0 Å². The van der Waals surface area contributed by atoms with Gasteiger partial charge in [-0.05, 0) is 30.1 Å². The number of carbonyl (C=O) groups is 1. The SMILES string of the molecule is COC(=O)/C(C)=C/[C@@H]1C(C(C)C)C1(C)C. The van der Waals surface area contributed by atoms with Crippen LogP contribution in [0.25, 0.3) is 0 Å². The van der Waals surface area contributed by atoms with Gasteiger partial charge in [-0.1, -0.05) is 33.8 Å². The summed E-state index contributed by atoms with van der Waals surface area (Å²) in [6.45, 7) is 10.9. The summed E-state index contributed by atoms with van der Waals surface area (Å²) in [6.07, 6.45) is 2.08. The Balaban J connectivity index is 2.73. The van der Waals surface area contributed by atoms with E-state index in [4.69, 9.17) is 4.74 Å². The summed E-state index contributed by atoms with van der Waals surface area (Å²) < 4.78 is 4.70. The highest BCUT2D eigenvalue weighted by atomic mass is 16.5. The van der Waals surface area contributed by atoms with Gasteiger partial charge in [0.25, 0.3) is 0 Å². The lowest BCUT2D eigenvalue weighted by atomic mass is 10.0. The lowest BCUT2D eigenvalue weighted by Gasteiger charge is -2.04. The van der Waals surface area contributed by atoms with Gasteiger partial charge >= 0.3 is 5.97 Å². The molecule has 1 fully saturated rings. The largest absolute Gasteiger partial charge is 0.466 e. The molecule has 86 valence electrons. The van der Waals surface area contributed by atoms with Gasteiger partial charge in [0, 0.05) is 5.57 Å². The second kappa shape index (κ2) is 3.99. The van der Waals surface area contributed by atoms with Gasteiger partial charge in [-0.15, -0.1) is 0 Å². The maximum atomic E-state index is 11.3. The molecule has 0 heterocycles. The average molecular weight is 210 g/mol. The summed E-state index contributed by atoms with van der Waals surface area (Å²) in [7, 11) is 1.43. The molecule has 0 saturated heterocycles. The van der Waals surface area contributed by atoms with Crippen LogP contribution < -0.4 is 0 Å². The van der Waals surface area contributed by atoms with Crippen LogP contribution in [0.1, 0.15) is 34.6 Å². The van der Waals surface area contributed by atoms with Crippen molar-refractivity contribution in [3.8, 4) is 0 Å². The molecule has 15 heavy (non-hydrogen) atoms. The fraction of sp³-hybridized carbons (Fsp3) is 0.769. The van der Waals surface area contributed by atoms with Gasteiger partial charge in [0.15, 0.2) is 0 Å². The van der Waals surface area contributed by atoms with Gasteiger partial charge in [0.2, 0.25) is 0 Å². The summed E-state index contributed by atoms with van der Waals surface area (Å²) in [5.74, 6) is 1.68. The van der Waals surface area contributed by atoms with E-state index in [1.807, 2.05) is 6.92 Å². The van der Waals surface area contributed by atoms with Crippen molar-refractivity contribution < 1.29 is 9.53 Å². The first-order chi connectivity index (χ1) is 6.82. The zero-order valence-electron chi connectivity index (χ0n) is 10.6. The summed E-state index contributed by atoms with van der Waals surface area (Å²) in [6, 6.07) is 0. The molecule has 2 atom stereocenters. The molecule has 1 aliphatic carbocycles. The van der Waals surface area contributed by atoms with Crippen LogP contribution in [-0.4, -0.2) is 13.1 Å². The summed E-state index contributed by atoms with van der Waals surface area (Å²) in [4.78, 5) is 11.3. The quantitative estimate of drug-likeness (QED) is 0.528. The summed E-state index contributed by atoms with van der Waals surface area (Å²) in [5, 5.41) is 0. The zero-order valence-corrected chi connectivity index (χ0v) is 10.6. The molecule has 1 saturated carbocycles. The van der Waals surface area contributed by atoms with Crippen molar-refractivity contribution in [3.63, 3.8) is 0 Å². The van der Waals surface area contributed by atoms with Crippen LogP contribution in [0.4, 0.5) is 0 Å². The van der Waals surface area contributed by atoms with E-state index in [1.54, 1.807) is 0 Å². The first-order valence-electron chi connectivity index (χ1n) is 5.59. The molecule has 1 unspecified atom stereocenters. The van der Waals surface area contributed by atoms with Crippen LogP contribution in [0.5, 0.6) is 0 Å². The fourth-order valence-corrected chi connectivity index (χ4v) is 2.81. The first-order valence-corrected chi connectivity index (χ1v) is 5.59. The van der Waals surface area contributed by atoms with Gasteiger partial charge < -0.3 is 4.74 Å². The Bertz CT molecular complexity index is 287. The Kier molecular flexibility index (Phi) is 3.27. The van der Waals surface area contributed by atoms with Gasteiger partial charge in [-0.25, -0.2) is 4.79 Å². The molecule has 0 aromatic rings. The van der Waals surface area contributed by atoms with Crippen molar-refractivity contribution >= 4 is 5.97 Å². The third kappa shape index (κ3) is 2.24. The Morgan fingerprint density at radius 3 is 2.27 bits per heavy atom. The average Bonchev–Trinajstić information content (AvgIpc) is 2.66. The smallest absolute Gasteiger partial charge is 0.333 e. The second-order valence-electron chi connectivity index (χ2n) is 5.46. The molecule has 2 nitrogen and oxygen atoms in total. The van der Waals surface area contributed by atoms with Crippen LogP contribution in [0, 0.1) is 23.2 Å². The van der Waals surface area contributed by atoms with E-state index in [0.29, 0.717) is 23.2 Å². The Morgan fingerprint density at radius 2 is 1.93 bits per heavy atom. The number of hydrogen-bond acceptors (Lipinski definition) is 2. The van der Waals surface area contributed by atoms with E-state index in [0.717, 1.165) is 5.57 Å².